The molecule has 1 fully saturated rings. The number of hydrogen-bond donors (Lipinski definition) is 5. The number of aromatic amines is 1. The molecule has 5 rings (SSSR count). The Hall–Kier alpha value is -3.79. The van der Waals surface area contributed by atoms with E-state index in [1.165, 1.54) is 24.0 Å². The first-order chi connectivity index (χ1) is 20.6. The summed E-state index contributed by atoms with van der Waals surface area (Å²) in [7, 11) is 0. The molecule has 1 saturated heterocycles. The predicted octanol–water partition coefficient (Wildman–Crippen LogP) is 5.81. The molecule has 0 bridgehead atoms. The third-order valence-corrected chi connectivity index (χ3v) is 8.23. The normalized spacial score (nSPS) is 15.1. The molecule has 1 aliphatic heterocycles. The minimum atomic E-state index is -0.295. The minimum absolute atomic E-state index is 0.133. The van der Waals surface area contributed by atoms with Crippen LogP contribution in [-0.2, 0) is 11.3 Å². The molecule has 222 valence electrons. The van der Waals surface area contributed by atoms with Gasteiger partial charge in [0.2, 0.25) is 5.91 Å². The lowest BCUT2D eigenvalue weighted by atomic mass is 10.0. The number of hydroxylamine groups is 1. The van der Waals surface area contributed by atoms with Gasteiger partial charge in [-0.25, -0.2) is 15.4 Å². The Bertz CT molecular complexity index is 1400. The number of unbranched alkanes of at least 4 members (excludes halogenated alkanes) is 3. The number of likely N-dealkylation sites (tertiary alicyclic amines) is 1. The van der Waals surface area contributed by atoms with Crippen LogP contribution in [-0.4, -0.2) is 56.6 Å². The molecule has 0 aliphatic carbocycles. The van der Waals surface area contributed by atoms with Crippen LogP contribution in [0.2, 0.25) is 0 Å². The number of fused-ring (bicyclic) bond motifs is 1. The molecule has 0 saturated carbocycles. The maximum Gasteiger partial charge on any atom is 0.243 e. The number of amides is 1. The number of carbonyl (C=O) groups excluding carboxylic acids is 1. The lowest BCUT2D eigenvalue weighted by molar-refractivity contribution is -0.129. The number of aromatic nitrogens is 3. The maximum atomic E-state index is 11.0. The molecule has 1 atom stereocenters. The zero-order valence-corrected chi connectivity index (χ0v) is 24.5. The van der Waals surface area contributed by atoms with Crippen molar-refractivity contribution in [3.63, 3.8) is 0 Å². The van der Waals surface area contributed by atoms with Gasteiger partial charge in [0.05, 0.1) is 5.39 Å². The quantitative estimate of drug-likeness (QED) is 0.0739. The largest absolute Gasteiger partial charge is 0.363 e. The highest BCUT2D eigenvalue weighted by atomic mass is 16.5. The Morgan fingerprint density at radius 2 is 1.79 bits per heavy atom. The van der Waals surface area contributed by atoms with E-state index in [-0.39, 0.29) is 11.9 Å². The van der Waals surface area contributed by atoms with Crippen LogP contribution in [0.5, 0.6) is 0 Å². The van der Waals surface area contributed by atoms with E-state index in [1.807, 2.05) is 6.07 Å². The minimum Gasteiger partial charge on any atom is -0.363 e. The van der Waals surface area contributed by atoms with Crippen molar-refractivity contribution in [2.75, 3.05) is 25.0 Å². The number of benzene rings is 2. The number of H-pyrrole nitrogens is 1. The van der Waals surface area contributed by atoms with Gasteiger partial charge in [-0.3, -0.25) is 14.9 Å². The van der Waals surface area contributed by atoms with Crippen molar-refractivity contribution in [1.82, 2.24) is 30.6 Å². The zero-order valence-electron chi connectivity index (χ0n) is 24.5. The molecule has 4 aromatic rings. The Kier molecular flexibility index (Phi) is 10.5. The first-order valence-electron chi connectivity index (χ1n) is 15.2. The molecular formula is C33H43N7O2. The molecular weight excluding hydrogens is 526 g/mol. The van der Waals surface area contributed by atoms with Crippen LogP contribution in [0.15, 0.2) is 67.0 Å². The molecule has 2 aromatic heterocycles. The van der Waals surface area contributed by atoms with E-state index in [0.717, 1.165) is 80.0 Å². The number of nitrogens with zero attached hydrogens (tertiary/aromatic N) is 3. The average Bonchev–Trinajstić information content (AvgIpc) is 3.47. The van der Waals surface area contributed by atoms with Crippen molar-refractivity contribution in [1.29, 1.82) is 0 Å². The van der Waals surface area contributed by atoms with Gasteiger partial charge >= 0.3 is 0 Å². The Morgan fingerprint density at radius 3 is 2.55 bits per heavy atom. The van der Waals surface area contributed by atoms with Crippen molar-refractivity contribution >= 4 is 22.8 Å². The van der Waals surface area contributed by atoms with Crippen LogP contribution in [0.3, 0.4) is 0 Å². The molecule has 3 heterocycles. The van der Waals surface area contributed by atoms with Crippen molar-refractivity contribution in [3.8, 4) is 11.3 Å². The third kappa shape index (κ3) is 8.15. The summed E-state index contributed by atoms with van der Waals surface area (Å²) in [5.41, 5.74) is 7.24. The van der Waals surface area contributed by atoms with Crippen molar-refractivity contribution in [3.05, 3.63) is 78.1 Å². The van der Waals surface area contributed by atoms with Crippen LogP contribution in [0, 0.1) is 0 Å². The van der Waals surface area contributed by atoms with Gasteiger partial charge in [-0.05, 0) is 75.0 Å². The van der Waals surface area contributed by atoms with Crippen LogP contribution in [0.25, 0.3) is 22.3 Å². The highest BCUT2D eigenvalue weighted by Gasteiger charge is 2.19. The van der Waals surface area contributed by atoms with Crippen molar-refractivity contribution in [2.24, 2.45) is 0 Å². The maximum absolute atomic E-state index is 11.0. The fraction of sp³-hybridized carbons (Fsp3) is 0.424. The summed E-state index contributed by atoms with van der Waals surface area (Å²) in [5.74, 6) is 0.537. The SMILES string of the molecule is CC(Nc1ncnc2[nH]c(-c3ccc(CN4CCC(NCCCCCCC(=O)NO)CC4)cc3)cc12)c1ccccc1. The van der Waals surface area contributed by atoms with Gasteiger partial charge in [0.1, 0.15) is 17.8 Å². The molecule has 1 unspecified atom stereocenters. The Balaban J connectivity index is 1.07. The van der Waals surface area contributed by atoms with Gasteiger partial charge in [0, 0.05) is 30.7 Å². The van der Waals surface area contributed by atoms with Crippen molar-refractivity contribution in [2.45, 2.75) is 70.5 Å². The van der Waals surface area contributed by atoms with Gasteiger partial charge in [-0.1, -0.05) is 67.4 Å². The van der Waals surface area contributed by atoms with E-state index < -0.39 is 0 Å². The van der Waals surface area contributed by atoms with Gasteiger partial charge in [0.25, 0.3) is 0 Å². The van der Waals surface area contributed by atoms with E-state index >= 15 is 0 Å². The van der Waals surface area contributed by atoms with Gasteiger partial charge in [-0.15, -0.1) is 0 Å². The summed E-state index contributed by atoms with van der Waals surface area (Å²) in [6, 6.07) is 22.1. The van der Waals surface area contributed by atoms with E-state index in [9.17, 15) is 4.79 Å². The van der Waals surface area contributed by atoms with Gasteiger partial charge in [0.15, 0.2) is 0 Å². The van der Waals surface area contributed by atoms with E-state index in [4.69, 9.17) is 5.21 Å². The first-order valence-corrected chi connectivity index (χ1v) is 15.2. The molecule has 9 heteroatoms. The summed E-state index contributed by atoms with van der Waals surface area (Å²) in [6.07, 6.45) is 8.43. The average molecular weight is 570 g/mol. The number of anilines is 1. The lowest BCUT2D eigenvalue weighted by Crippen LogP contribution is -2.42. The second kappa shape index (κ2) is 14.9. The van der Waals surface area contributed by atoms with Crippen molar-refractivity contribution < 1.29 is 10.0 Å². The topological polar surface area (TPSA) is 118 Å². The van der Waals surface area contributed by atoms with Gasteiger partial charge < -0.3 is 15.6 Å². The highest BCUT2D eigenvalue weighted by molar-refractivity contribution is 5.91. The standard InChI is InChI=1S/C33H43N7O2/c1-24(26-9-5-4-6-10-26)37-32-29-21-30(38-33(29)36-23-35-32)27-14-12-25(13-15-27)22-40-19-16-28(17-20-40)34-18-8-3-2-7-11-31(41)39-42/h4-6,9-10,12-15,21,23-24,28,34,42H,2-3,7-8,11,16-20,22H2,1H3,(H,39,41)(H2,35,36,37,38). The molecule has 1 aliphatic rings. The van der Waals surface area contributed by atoms with Crippen LogP contribution < -0.4 is 16.1 Å². The monoisotopic (exact) mass is 569 g/mol. The molecule has 2 aromatic carbocycles. The fourth-order valence-electron chi connectivity index (χ4n) is 5.71. The van der Waals surface area contributed by atoms with Crippen LogP contribution in [0.1, 0.15) is 69.0 Å². The van der Waals surface area contributed by atoms with E-state index in [0.29, 0.717) is 12.5 Å². The number of hydrogen-bond acceptors (Lipinski definition) is 7. The summed E-state index contributed by atoms with van der Waals surface area (Å²) < 4.78 is 0. The summed E-state index contributed by atoms with van der Waals surface area (Å²) in [6.45, 7) is 6.35. The predicted molar refractivity (Wildman–Crippen MR) is 167 cm³/mol. The third-order valence-electron chi connectivity index (χ3n) is 8.23. The number of piperidine rings is 1. The summed E-state index contributed by atoms with van der Waals surface area (Å²) in [5, 5.41) is 16.8. The molecule has 9 nitrogen and oxygen atoms in total. The van der Waals surface area contributed by atoms with Crippen LogP contribution in [0.4, 0.5) is 5.82 Å². The van der Waals surface area contributed by atoms with E-state index in [1.54, 1.807) is 11.8 Å². The number of carbonyl (C=O) groups is 1. The number of rotatable bonds is 14. The highest BCUT2D eigenvalue weighted by Crippen LogP contribution is 2.29. The molecule has 42 heavy (non-hydrogen) atoms. The molecule has 1 amide bonds. The van der Waals surface area contributed by atoms with Gasteiger partial charge in [-0.2, -0.15) is 0 Å². The Labute approximate surface area is 248 Å². The van der Waals surface area contributed by atoms with E-state index in [2.05, 4.69) is 92.0 Å². The smallest absolute Gasteiger partial charge is 0.243 e. The number of nitrogens with one attached hydrogen (secondary N) is 4. The molecule has 0 radical (unpaired) electrons. The first kappa shape index (κ1) is 29.7. The summed E-state index contributed by atoms with van der Waals surface area (Å²) >= 11 is 0. The second-order valence-corrected chi connectivity index (χ2v) is 11.3. The molecule has 5 N–H and O–H groups in total. The fourth-order valence-corrected chi connectivity index (χ4v) is 5.71. The van der Waals surface area contributed by atoms with Crippen LogP contribution >= 0.6 is 0 Å². The summed E-state index contributed by atoms with van der Waals surface area (Å²) in [4.78, 5) is 26.1. The second-order valence-electron chi connectivity index (χ2n) is 11.3. The lowest BCUT2D eigenvalue weighted by Gasteiger charge is -2.32. The zero-order chi connectivity index (χ0) is 29.1. The Morgan fingerprint density at radius 1 is 1.02 bits per heavy atom. The molecule has 0 spiro atoms.